The molecule has 2 aromatic rings. The van der Waals surface area contributed by atoms with E-state index in [9.17, 15) is 9.59 Å². The number of hydrogen-bond donors (Lipinski definition) is 0. The Balaban J connectivity index is 1.64. The van der Waals surface area contributed by atoms with Crippen LogP contribution >= 0.6 is 0 Å². The number of aromatic nitrogens is 4. The molecule has 0 radical (unpaired) electrons. The summed E-state index contributed by atoms with van der Waals surface area (Å²) in [6, 6.07) is 5.17. The molecule has 0 saturated carbocycles. The van der Waals surface area contributed by atoms with Gasteiger partial charge in [0.25, 0.3) is 11.5 Å². The van der Waals surface area contributed by atoms with Crippen molar-refractivity contribution in [3.05, 3.63) is 45.6 Å². The molecule has 0 unspecified atom stereocenters. The monoisotopic (exact) mass is 343 g/mol. The fraction of sp³-hybridized carbons (Fsp3) is 0.556. The molecule has 1 saturated heterocycles. The molecule has 0 N–H and O–H groups in total. The summed E-state index contributed by atoms with van der Waals surface area (Å²) in [6.45, 7) is 9.93. The number of rotatable bonds is 3. The Morgan fingerprint density at radius 1 is 1.24 bits per heavy atom. The van der Waals surface area contributed by atoms with Crippen LogP contribution in [0.4, 0.5) is 0 Å². The van der Waals surface area contributed by atoms with Crippen LogP contribution in [0.3, 0.4) is 0 Å². The van der Waals surface area contributed by atoms with Crippen LogP contribution in [-0.4, -0.2) is 43.5 Å². The molecule has 0 aromatic carbocycles. The molecule has 1 amide bonds. The minimum atomic E-state index is -0.103. The van der Waals surface area contributed by atoms with Gasteiger partial charge in [-0.1, -0.05) is 20.8 Å². The average Bonchev–Trinajstić information content (AvgIpc) is 2.82. The van der Waals surface area contributed by atoms with Crippen molar-refractivity contribution in [3.63, 3.8) is 0 Å². The summed E-state index contributed by atoms with van der Waals surface area (Å²) in [5.41, 5.74) is 2.12. The fourth-order valence-electron chi connectivity index (χ4n) is 2.90. The average molecular weight is 343 g/mol. The van der Waals surface area contributed by atoms with Crippen LogP contribution in [0.1, 0.15) is 42.6 Å². The molecule has 0 bridgehead atoms. The van der Waals surface area contributed by atoms with E-state index in [1.54, 1.807) is 27.8 Å². The summed E-state index contributed by atoms with van der Waals surface area (Å²) >= 11 is 0. The molecule has 25 heavy (non-hydrogen) atoms. The predicted octanol–water partition coefficient (Wildman–Crippen LogP) is 1.35. The topological polar surface area (TPSA) is 73.0 Å². The second-order valence-corrected chi connectivity index (χ2v) is 7.86. The summed E-state index contributed by atoms with van der Waals surface area (Å²) < 4.78 is 3.23. The maximum absolute atomic E-state index is 12.4. The number of amides is 1. The summed E-state index contributed by atoms with van der Waals surface area (Å²) in [5.74, 6) is 0.192. The van der Waals surface area contributed by atoms with Gasteiger partial charge in [0.2, 0.25) is 0 Å². The zero-order valence-electron chi connectivity index (χ0n) is 15.5. The number of likely N-dealkylation sites (tertiary alicyclic amines) is 1. The SMILES string of the molecule is Cc1cc(C(=O)N2CC(Cn3nc(C(C)(C)C)ccc3=O)C2)nn1C. The van der Waals surface area contributed by atoms with Gasteiger partial charge in [-0.05, 0) is 19.1 Å². The van der Waals surface area contributed by atoms with E-state index in [1.807, 2.05) is 14.0 Å². The summed E-state index contributed by atoms with van der Waals surface area (Å²) in [4.78, 5) is 26.2. The smallest absolute Gasteiger partial charge is 0.274 e. The van der Waals surface area contributed by atoms with Gasteiger partial charge < -0.3 is 4.90 Å². The van der Waals surface area contributed by atoms with Gasteiger partial charge in [-0.2, -0.15) is 10.2 Å². The number of carbonyl (C=O) groups excluding carboxylic acids is 1. The Kier molecular flexibility index (Phi) is 4.26. The zero-order chi connectivity index (χ0) is 18.4. The zero-order valence-corrected chi connectivity index (χ0v) is 15.5. The number of carbonyl (C=O) groups is 1. The first-order valence-corrected chi connectivity index (χ1v) is 8.53. The molecular weight excluding hydrogens is 318 g/mol. The normalized spacial score (nSPS) is 15.3. The van der Waals surface area contributed by atoms with Crippen LogP contribution in [0.5, 0.6) is 0 Å². The van der Waals surface area contributed by atoms with Crippen molar-refractivity contribution in [2.75, 3.05) is 13.1 Å². The molecular formula is C18H25N5O2. The van der Waals surface area contributed by atoms with E-state index >= 15 is 0 Å². The van der Waals surface area contributed by atoms with E-state index in [1.165, 1.54) is 4.68 Å². The molecule has 3 heterocycles. The molecule has 1 aliphatic heterocycles. The van der Waals surface area contributed by atoms with Crippen molar-refractivity contribution in [1.82, 2.24) is 24.5 Å². The highest BCUT2D eigenvalue weighted by molar-refractivity contribution is 5.92. The van der Waals surface area contributed by atoms with E-state index in [4.69, 9.17) is 0 Å². The lowest BCUT2D eigenvalue weighted by Gasteiger charge is -2.38. The summed E-state index contributed by atoms with van der Waals surface area (Å²) in [5, 5.41) is 8.73. The first-order valence-electron chi connectivity index (χ1n) is 8.53. The van der Waals surface area contributed by atoms with E-state index in [2.05, 4.69) is 31.0 Å². The van der Waals surface area contributed by atoms with Crippen molar-refractivity contribution < 1.29 is 4.79 Å². The highest BCUT2D eigenvalue weighted by atomic mass is 16.2. The first-order chi connectivity index (χ1) is 11.6. The third-order valence-electron chi connectivity index (χ3n) is 4.64. The van der Waals surface area contributed by atoms with Gasteiger partial charge in [0, 0.05) is 43.2 Å². The van der Waals surface area contributed by atoms with Gasteiger partial charge in [0.15, 0.2) is 5.69 Å². The fourth-order valence-corrected chi connectivity index (χ4v) is 2.90. The lowest BCUT2D eigenvalue weighted by Crippen LogP contribution is -2.52. The van der Waals surface area contributed by atoms with Crippen molar-refractivity contribution in [1.29, 1.82) is 0 Å². The lowest BCUT2D eigenvalue weighted by atomic mass is 9.92. The second kappa shape index (κ2) is 6.13. The van der Waals surface area contributed by atoms with Crippen molar-refractivity contribution >= 4 is 5.91 Å². The largest absolute Gasteiger partial charge is 0.336 e. The van der Waals surface area contributed by atoms with Gasteiger partial charge in [0.05, 0.1) is 12.2 Å². The van der Waals surface area contributed by atoms with Crippen LogP contribution in [0.2, 0.25) is 0 Å². The van der Waals surface area contributed by atoms with Gasteiger partial charge in [-0.3, -0.25) is 14.3 Å². The van der Waals surface area contributed by atoms with Gasteiger partial charge >= 0.3 is 0 Å². The third-order valence-corrected chi connectivity index (χ3v) is 4.64. The van der Waals surface area contributed by atoms with Crippen LogP contribution < -0.4 is 5.56 Å². The minimum Gasteiger partial charge on any atom is -0.336 e. The maximum atomic E-state index is 12.4. The minimum absolute atomic E-state index is 0.0521. The summed E-state index contributed by atoms with van der Waals surface area (Å²) in [7, 11) is 1.82. The van der Waals surface area contributed by atoms with E-state index in [0.29, 0.717) is 25.3 Å². The third kappa shape index (κ3) is 3.50. The highest BCUT2D eigenvalue weighted by Gasteiger charge is 2.33. The standard InChI is InChI=1S/C18H25N5O2/c1-12-8-14(19-21(12)5)17(25)22-9-13(10-22)11-23-16(24)7-6-15(20-23)18(2,3)4/h6-8,13H,9-11H2,1-5H3. The predicted molar refractivity (Wildman–Crippen MR) is 94.5 cm³/mol. The van der Waals surface area contributed by atoms with E-state index in [0.717, 1.165) is 11.4 Å². The highest BCUT2D eigenvalue weighted by Crippen LogP contribution is 2.21. The quantitative estimate of drug-likeness (QED) is 0.843. The molecule has 1 fully saturated rings. The van der Waals surface area contributed by atoms with E-state index in [-0.39, 0.29) is 22.8 Å². The second-order valence-electron chi connectivity index (χ2n) is 7.86. The first kappa shape index (κ1) is 17.4. The molecule has 0 spiro atoms. The molecule has 7 heteroatoms. The lowest BCUT2D eigenvalue weighted by molar-refractivity contribution is 0.0451. The molecule has 3 rings (SSSR count). The van der Waals surface area contributed by atoms with E-state index < -0.39 is 0 Å². The van der Waals surface area contributed by atoms with Crippen molar-refractivity contribution in [2.45, 2.75) is 39.7 Å². The summed E-state index contributed by atoms with van der Waals surface area (Å²) in [6.07, 6.45) is 0. The molecule has 2 aromatic heterocycles. The van der Waals surface area contributed by atoms with Crippen LogP contribution in [-0.2, 0) is 19.0 Å². The molecule has 0 aliphatic carbocycles. The van der Waals surface area contributed by atoms with Crippen LogP contribution in [0.25, 0.3) is 0 Å². The van der Waals surface area contributed by atoms with Crippen LogP contribution in [0, 0.1) is 12.8 Å². The molecule has 134 valence electrons. The van der Waals surface area contributed by atoms with Crippen molar-refractivity contribution in [2.24, 2.45) is 13.0 Å². The Morgan fingerprint density at radius 3 is 2.48 bits per heavy atom. The number of aryl methyl sites for hydroxylation is 2. The Bertz CT molecular complexity index is 834. The number of hydrogen-bond acceptors (Lipinski definition) is 4. The van der Waals surface area contributed by atoms with Gasteiger partial charge in [-0.25, -0.2) is 4.68 Å². The molecule has 0 atom stereocenters. The van der Waals surface area contributed by atoms with Crippen LogP contribution in [0.15, 0.2) is 23.0 Å². The Morgan fingerprint density at radius 2 is 1.92 bits per heavy atom. The molecule has 7 nitrogen and oxygen atoms in total. The van der Waals surface area contributed by atoms with Crippen molar-refractivity contribution in [3.8, 4) is 0 Å². The number of nitrogens with zero attached hydrogens (tertiary/aromatic N) is 5. The maximum Gasteiger partial charge on any atom is 0.274 e. The molecule has 1 aliphatic rings. The van der Waals surface area contributed by atoms with Gasteiger partial charge in [-0.15, -0.1) is 0 Å². The van der Waals surface area contributed by atoms with Gasteiger partial charge in [0.1, 0.15) is 0 Å². The Labute approximate surface area is 147 Å². The Hall–Kier alpha value is -2.44.